The van der Waals surface area contributed by atoms with E-state index in [1.54, 1.807) is 0 Å². The molecular weight excluding hydrogens is 184 g/mol. The van der Waals surface area contributed by atoms with Crippen LogP contribution >= 0.6 is 0 Å². The van der Waals surface area contributed by atoms with E-state index in [1.807, 2.05) is 0 Å². The van der Waals surface area contributed by atoms with Crippen molar-refractivity contribution in [2.24, 2.45) is 7.05 Å². The summed E-state index contributed by atoms with van der Waals surface area (Å²) in [5.41, 5.74) is 3.78. The van der Waals surface area contributed by atoms with Crippen LogP contribution in [0.5, 0.6) is 0 Å². The van der Waals surface area contributed by atoms with Crippen LogP contribution in [0.1, 0.15) is 11.3 Å². The molecule has 0 unspecified atom stereocenters. The van der Waals surface area contributed by atoms with Gasteiger partial charge in [-0.1, -0.05) is 18.2 Å². The van der Waals surface area contributed by atoms with Gasteiger partial charge in [0.05, 0.1) is 6.54 Å². The summed E-state index contributed by atoms with van der Waals surface area (Å²) >= 11 is 0. The van der Waals surface area contributed by atoms with Crippen LogP contribution in [-0.2, 0) is 13.6 Å². The molecule has 2 heteroatoms. The molecule has 0 aliphatic rings. The maximum absolute atomic E-state index is 3.44. The van der Waals surface area contributed by atoms with Crippen LogP contribution in [-0.4, -0.2) is 4.57 Å². The molecule has 0 aliphatic carbocycles. The lowest BCUT2D eigenvalue weighted by molar-refractivity contribution is 0.842. The third-order valence-corrected chi connectivity index (χ3v) is 2.66. The zero-order valence-corrected chi connectivity index (χ0v) is 9.20. The quantitative estimate of drug-likeness (QED) is 0.806. The number of benzene rings is 1. The summed E-state index contributed by atoms with van der Waals surface area (Å²) in [5, 5.41) is 3.44. The van der Waals surface area contributed by atoms with Crippen LogP contribution in [0.3, 0.4) is 0 Å². The molecule has 0 saturated carbocycles. The van der Waals surface area contributed by atoms with E-state index >= 15 is 0 Å². The average Bonchev–Trinajstić information content (AvgIpc) is 2.63. The third-order valence-electron chi connectivity index (χ3n) is 2.66. The molecule has 1 aromatic carbocycles. The Morgan fingerprint density at radius 1 is 1.13 bits per heavy atom. The summed E-state index contributed by atoms with van der Waals surface area (Å²) in [6, 6.07) is 12.5. The van der Waals surface area contributed by atoms with Gasteiger partial charge in [0.25, 0.3) is 0 Å². The van der Waals surface area contributed by atoms with Crippen LogP contribution in [0, 0.1) is 6.92 Å². The SMILES string of the molecule is Cc1ccccc1NCc1cccn1C. The zero-order valence-electron chi connectivity index (χ0n) is 9.20. The number of aromatic nitrogens is 1. The minimum atomic E-state index is 0.869. The van der Waals surface area contributed by atoms with Crippen molar-refractivity contribution in [2.75, 3.05) is 5.32 Å². The zero-order chi connectivity index (χ0) is 10.7. The van der Waals surface area contributed by atoms with Crippen molar-refractivity contribution >= 4 is 5.69 Å². The first kappa shape index (κ1) is 9.84. The second kappa shape index (κ2) is 4.22. The van der Waals surface area contributed by atoms with Crippen LogP contribution in [0.2, 0.25) is 0 Å². The van der Waals surface area contributed by atoms with Crippen molar-refractivity contribution in [3.05, 3.63) is 53.9 Å². The highest BCUT2D eigenvalue weighted by Gasteiger charge is 1.98. The van der Waals surface area contributed by atoms with Gasteiger partial charge in [0.15, 0.2) is 0 Å². The molecule has 2 rings (SSSR count). The molecule has 0 bridgehead atoms. The minimum Gasteiger partial charge on any atom is -0.379 e. The molecule has 2 aromatic rings. The second-order valence-corrected chi connectivity index (χ2v) is 3.78. The predicted molar refractivity (Wildman–Crippen MR) is 63.9 cm³/mol. The number of aryl methyl sites for hydroxylation is 2. The summed E-state index contributed by atoms with van der Waals surface area (Å²) in [6.45, 7) is 2.99. The Bertz CT molecular complexity index is 443. The molecular formula is C13H16N2. The number of hydrogen-bond donors (Lipinski definition) is 1. The van der Waals surface area contributed by atoms with E-state index < -0.39 is 0 Å². The first-order chi connectivity index (χ1) is 7.27. The lowest BCUT2D eigenvalue weighted by atomic mass is 10.2. The van der Waals surface area contributed by atoms with E-state index in [9.17, 15) is 0 Å². The van der Waals surface area contributed by atoms with Crippen molar-refractivity contribution in [3.8, 4) is 0 Å². The van der Waals surface area contributed by atoms with Gasteiger partial charge in [0.2, 0.25) is 0 Å². The molecule has 2 nitrogen and oxygen atoms in total. The van der Waals surface area contributed by atoms with Gasteiger partial charge in [-0.15, -0.1) is 0 Å². The standard InChI is InChI=1S/C13H16N2/c1-11-6-3-4-8-13(11)14-10-12-7-5-9-15(12)2/h3-9,14H,10H2,1-2H3. The van der Waals surface area contributed by atoms with E-state index in [0.29, 0.717) is 0 Å². The Morgan fingerprint density at radius 3 is 2.60 bits per heavy atom. The van der Waals surface area contributed by atoms with Crippen LogP contribution < -0.4 is 5.32 Å². The summed E-state index contributed by atoms with van der Waals surface area (Å²) in [6.07, 6.45) is 2.06. The molecule has 0 fully saturated rings. The van der Waals surface area contributed by atoms with Gasteiger partial charge >= 0.3 is 0 Å². The highest BCUT2D eigenvalue weighted by Crippen LogP contribution is 2.14. The molecule has 1 N–H and O–H groups in total. The van der Waals surface area contributed by atoms with E-state index in [4.69, 9.17) is 0 Å². The minimum absolute atomic E-state index is 0.869. The smallest absolute Gasteiger partial charge is 0.0553 e. The predicted octanol–water partition coefficient (Wildman–Crippen LogP) is 2.95. The summed E-state index contributed by atoms with van der Waals surface area (Å²) in [5.74, 6) is 0. The van der Waals surface area contributed by atoms with Gasteiger partial charge < -0.3 is 9.88 Å². The number of nitrogens with one attached hydrogen (secondary N) is 1. The normalized spacial score (nSPS) is 10.3. The number of hydrogen-bond acceptors (Lipinski definition) is 1. The van der Waals surface area contributed by atoms with Crippen molar-refractivity contribution < 1.29 is 0 Å². The Morgan fingerprint density at radius 2 is 1.93 bits per heavy atom. The topological polar surface area (TPSA) is 17.0 Å². The van der Waals surface area contributed by atoms with Gasteiger partial charge in [0.1, 0.15) is 0 Å². The first-order valence-corrected chi connectivity index (χ1v) is 5.17. The van der Waals surface area contributed by atoms with Gasteiger partial charge in [-0.3, -0.25) is 0 Å². The molecule has 0 radical (unpaired) electrons. The summed E-state index contributed by atoms with van der Waals surface area (Å²) < 4.78 is 2.13. The molecule has 0 aliphatic heterocycles. The largest absolute Gasteiger partial charge is 0.379 e. The van der Waals surface area contributed by atoms with E-state index in [2.05, 4.69) is 66.5 Å². The van der Waals surface area contributed by atoms with Crippen LogP contribution in [0.25, 0.3) is 0 Å². The highest BCUT2D eigenvalue weighted by molar-refractivity contribution is 5.50. The van der Waals surface area contributed by atoms with Crippen molar-refractivity contribution in [1.29, 1.82) is 0 Å². The first-order valence-electron chi connectivity index (χ1n) is 5.17. The fourth-order valence-corrected chi connectivity index (χ4v) is 1.64. The van der Waals surface area contributed by atoms with Crippen molar-refractivity contribution in [2.45, 2.75) is 13.5 Å². The van der Waals surface area contributed by atoms with Gasteiger partial charge in [-0.25, -0.2) is 0 Å². The Hall–Kier alpha value is -1.70. The van der Waals surface area contributed by atoms with E-state index in [0.717, 1.165) is 6.54 Å². The molecule has 0 saturated heterocycles. The molecule has 0 amide bonds. The summed E-state index contributed by atoms with van der Waals surface area (Å²) in [4.78, 5) is 0. The lowest BCUT2D eigenvalue weighted by Crippen LogP contribution is -2.04. The molecule has 78 valence electrons. The van der Waals surface area contributed by atoms with Crippen molar-refractivity contribution in [3.63, 3.8) is 0 Å². The fourth-order valence-electron chi connectivity index (χ4n) is 1.64. The van der Waals surface area contributed by atoms with E-state index in [1.165, 1.54) is 16.9 Å². The van der Waals surface area contributed by atoms with Gasteiger partial charge in [-0.2, -0.15) is 0 Å². The second-order valence-electron chi connectivity index (χ2n) is 3.78. The van der Waals surface area contributed by atoms with E-state index in [-0.39, 0.29) is 0 Å². The molecule has 1 heterocycles. The van der Waals surface area contributed by atoms with Crippen LogP contribution in [0.15, 0.2) is 42.6 Å². The third kappa shape index (κ3) is 2.21. The van der Waals surface area contributed by atoms with Gasteiger partial charge in [-0.05, 0) is 30.7 Å². The fraction of sp³-hybridized carbons (Fsp3) is 0.231. The number of anilines is 1. The number of rotatable bonds is 3. The number of para-hydroxylation sites is 1. The Balaban J connectivity index is 2.06. The average molecular weight is 200 g/mol. The molecule has 0 spiro atoms. The maximum atomic E-state index is 3.44. The molecule has 1 aromatic heterocycles. The monoisotopic (exact) mass is 200 g/mol. The number of nitrogens with zero attached hydrogens (tertiary/aromatic N) is 1. The molecule has 15 heavy (non-hydrogen) atoms. The van der Waals surface area contributed by atoms with Crippen molar-refractivity contribution in [1.82, 2.24) is 4.57 Å². The highest BCUT2D eigenvalue weighted by atomic mass is 15.0. The van der Waals surface area contributed by atoms with Gasteiger partial charge in [0, 0.05) is 24.6 Å². The summed E-state index contributed by atoms with van der Waals surface area (Å²) in [7, 11) is 2.06. The maximum Gasteiger partial charge on any atom is 0.0553 e. The van der Waals surface area contributed by atoms with Crippen LogP contribution in [0.4, 0.5) is 5.69 Å². The lowest BCUT2D eigenvalue weighted by Gasteiger charge is -2.09. The Labute approximate surface area is 90.6 Å². The Kier molecular flexibility index (Phi) is 2.77. The molecule has 0 atom stereocenters.